The highest BCUT2D eigenvalue weighted by molar-refractivity contribution is 6.24. The van der Waals surface area contributed by atoms with Gasteiger partial charge in [-0.15, -0.1) is 0 Å². The van der Waals surface area contributed by atoms with Gasteiger partial charge < -0.3 is 20.4 Å². The van der Waals surface area contributed by atoms with Crippen molar-refractivity contribution in [1.82, 2.24) is 0 Å². The van der Waals surface area contributed by atoms with E-state index in [0.29, 0.717) is 18.4 Å². The first-order chi connectivity index (χ1) is 19.0. The SMILES string of the molecule is C=C(CCCCC)C[C@@H]1[C@]2(C)C(=C(O)c3c(O)cccc3[C@H]2C)C(=O)[C@@]2(O)C(O)=C(C(C)=O)C(=O)C(C(C)C)[C@@]12C. The summed E-state index contributed by atoms with van der Waals surface area (Å²) in [6.07, 6.45) is 3.97. The zero-order valence-electron chi connectivity index (χ0n) is 25.3. The molecular weight excluding hydrogens is 520 g/mol. The Labute approximate surface area is 242 Å². The fourth-order valence-corrected chi connectivity index (χ4v) is 8.53. The van der Waals surface area contributed by atoms with E-state index in [1.165, 1.54) is 6.07 Å². The van der Waals surface area contributed by atoms with Crippen molar-refractivity contribution in [3.8, 4) is 5.75 Å². The predicted molar refractivity (Wildman–Crippen MR) is 157 cm³/mol. The van der Waals surface area contributed by atoms with E-state index >= 15 is 0 Å². The molecule has 0 bridgehead atoms. The molecule has 4 rings (SSSR count). The number of allylic oxidation sites excluding steroid dienone is 2. The fraction of sp³-hybridized carbons (Fsp3) is 0.559. The summed E-state index contributed by atoms with van der Waals surface area (Å²) in [5.41, 5.74) is -4.42. The maximum absolute atomic E-state index is 14.7. The van der Waals surface area contributed by atoms with Crippen molar-refractivity contribution in [2.45, 2.75) is 92.1 Å². The van der Waals surface area contributed by atoms with Gasteiger partial charge >= 0.3 is 0 Å². The van der Waals surface area contributed by atoms with Crippen molar-refractivity contribution in [2.75, 3.05) is 0 Å². The second-order valence-corrected chi connectivity index (χ2v) is 13.1. The number of phenols is 1. The Morgan fingerprint density at radius 2 is 1.73 bits per heavy atom. The number of rotatable bonds is 8. The monoisotopic (exact) mass is 564 g/mol. The van der Waals surface area contributed by atoms with Crippen LogP contribution in [0.2, 0.25) is 0 Å². The number of aliphatic hydroxyl groups excluding tert-OH is 2. The Morgan fingerprint density at radius 3 is 2.29 bits per heavy atom. The molecule has 0 heterocycles. The first-order valence-electron chi connectivity index (χ1n) is 14.7. The van der Waals surface area contributed by atoms with E-state index in [2.05, 4.69) is 13.5 Å². The zero-order valence-corrected chi connectivity index (χ0v) is 25.3. The van der Waals surface area contributed by atoms with Gasteiger partial charge in [0.05, 0.1) is 5.56 Å². The Kier molecular flexibility index (Phi) is 7.70. The van der Waals surface area contributed by atoms with Crippen LogP contribution in [0.3, 0.4) is 0 Å². The van der Waals surface area contributed by atoms with Crippen LogP contribution >= 0.6 is 0 Å². The lowest BCUT2D eigenvalue weighted by atomic mass is 9.37. The summed E-state index contributed by atoms with van der Waals surface area (Å²) in [5, 5.41) is 46.7. The molecule has 0 aliphatic heterocycles. The Balaban J connectivity index is 2.14. The lowest BCUT2D eigenvalue weighted by Gasteiger charge is -2.65. The van der Waals surface area contributed by atoms with E-state index in [1.54, 1.807) is 19.1 Å². The summed E-state index contributed by atoms with van der Waals surface area (Å²) in [7, 11) is 0. The van der Waals surface area contributed by atoms with Gasteiger partial charge in [0.25, 0.3) is 0 Å². The van der Waals surface area contributed by atoms with Crippen LogP contribution in [0.25, 0.3) is 5.76 Å². The first kappa shape index (κ1) is 30.8. The van der Waals surface area contributed by atoms with Gasteiger partial charge in [0.15, 0.2) is 17.2 Å². The van der Waals surface area contributed by atoms with Crippen LogP contribution in [-0.4, -0.2) is 43.4 Å². The summed E-state index contributed by atoms with van der Waals surface area (Å²) in [6, 6.07) is 4.90. The van der Waals surface area contributed by atoms with E-state index < -0.39 is 74.5 Å². The lowest BCUT2D eigenvalue weighted by molar-refractivity contribution is -0.198. The van der Waals surface area contributed by atoms with Crippen LogP contribution in [-0.2, 0) is 14.4 Å². The van der Waals surface area contributed by atoms with Gasteiger partial charge in [-0.1, -0.05) is 78.7 Å². The first-order valence-corrected chi connectivity index (χ1v) is 14.7. The van der Waals surface area contributed by atoms with Gasteiger partial charge in [0, 0.05) is 22.3 Å². The standard InChI is InChI=1S/C34H44O7/c1-9-10-11-13-18(4)16-23-32(7)19(5)21-14-12-15-22(36)25(21)29(38)27(32)31(40)34(41)30(39)24(20(6)35)28(37)26(17(2)3)33(23,34)8/h12,14-15,17,19,23,26,36,38-39,41H,4,9-11,13,16H2,1-3,5-8H3/t19-,23-,26?,32-,33-,34+/m1/s1. The van der Waals surface area contributed by atoms with Crippen LogP contribution in [0.5, 0.6) is 5.75 Å². The van der Waals surface area contributed by atoms with Gasteiger partial charge in [-0.05, 0) is 55.6 Å². The molecule has 1 aromatic carbocycles. The number of aliphatic hydroxyl groups is 3. The summed E-state index contributed by atoms with van der Waals surface area (Å²) >= 11 is 0. The topological polar surface area (TPSA) is 132 Å². The molecule has 0 radical (unpaired) electrons. The van der Waals surface area contributed by atoms with Crippen molar-refractivity contribution in [3.63, 3.8) is 0 Å². The number of phenolic OH excluding ortho intramolecular Hbond substituents is 1. The largest absolute Gasteiger partial charge is 0.508 e. The second kappa shape index (κ2) is 10.3. The molecule has 0 aromatic heterocycles. The molecule has 1 unspecified atom stereocenters. The third-order valence-corrected chi connectivity index (χ3v) is 10.6. The maximum Gasteiger partial charge on any atom is 0.203 e. The van der Waals surface area contributed by atoms with E-state index in [4.69, 9.17) is 0 Å². The molecule has 3 aliphatic rings. The molecule has 1 fully saturated rings. The molecule has 1 aromatic rings. The predicted octanol–water partition coefficient (Wildman–Crippen LogP) is 6.50. The third kappa shape index (κ3) is 3.91. The number of fused-ring (bicyclic) bond motifs is 3. The summed E-state index contributed by atoms with van der Waals surface area (Å²) in [6.45, 7) is 16.7. The maximum atomic E-state index is 14.7. The van der Waals surface area contributed by atoms with E-state index in [-0.39, 0.29) is 16.9 Å². The molecule has 3 aliphatic carbocycles. The lowest BCUT2D eigenvalue weighted by Crippen LogP contribution is -2.73. The van der Waals surface area contributed by atoms with Crippen LogP contribution in [0.4, 0.5) is 0 Å². The quantitative estimate of drug-likeness (QED) is 0.161. The number of benzene rings is 1. The molecule has 222 valence electrons. The third-order valence-electron chi connectivity index (χ3n) is 10.6. The molecule has 0 saturated heterocycles. The smallest absolute Gasteiger partial charge is 0.203 e. The zero-order chi connectivity index (χ0) is 30.8. The average molecular weight is 565 g/mol. The minimum Gasteiger partial charge on any atom is -0.508 e. The molecule has 7 nitrogen and oxygen atoms in total. The highest BCUT2D eigenvalue weighted by atomic mass is 16.3. The van der Waals surface area contributed by atoms with Gasteiger partial charge in [0.2, 0.25) is 5.78 Å². The van der Waals surface area contributed by atoms with Crippen LogP contribution in [0, 0.1) is 28.6 Å². The minimum absolute atomic E-state index is 0.108. The number of hydrogen-bond donors (Lipinski definition) is 4. The fourth-order valence-electron chi connectivity index (χ4n) is 8.53. The number of unbranched alkanes of at least 4 members (excludes halogenated alkanes) is 2. The molecule has 0 spiro atoms. The summed E-state index contributed by atoms with van der Waals surface area (Å²) in [5.74, 6) is -6.40. The molecule has 4 N–H and O–H groups in total. The van der Waals surface area contributed by atoms with Crippen molar-refractivity contribution >= 4 is 23.1 Å². The molecule has 0 amide bonds. The van der Waals surface area contributed by atoms with E-state index in [0.717, 1.165) is 31.8 Å². The number of carbonyl (C=O) groups is 3. The molecule has 1 saturated carbocycles. The van der Waals surface area contributed by atoms with Gasteiger partial charge in [-0.2, -0.15) is 0 Å². The number of carbonyl (C=O) groups excluding carboxylic acids is 3. The minimum atomic E-state index is -2.67. The highest BCUT2D eigenvalue weighted by Gasteiger charge is 2.76. The van der Waals surface area contributed by atoms with Crippen LogP contribution in [0.1, 0.15) is 97.6 Å². The molecular formula is C34H44O7. The number of aromatic hydroxyl groups is 1. The normalized spacial score (nSPS) is 33.0. The molecule has 7 heteroatoms. The van der Waals surface area contributed by atoms with Crippen molar-refractivity contribution < 1.29 is 34.8 Å². The van der Waals surface area contributed by atoms with Crippen molar-refractivity contribution in [2.24, 2.45) is 28.6 Å². The highest BCUT2D eigenvalue weighted by Crippen LogP contribution is 2.71. The summed E-state index contributed by atoms with van der Waals surface area (Å²) < 4.78 is 0. The Bertz CT molecular complexity index is 1400. The Morgan fingerprint density at radius 1 is 1.10 bits per heavy atom. The number of ketones is 3. The number of Topliss-reactive ketones (excluding diaryl/α,β-unsaturated/α-hetero) is 3. The second-order valence-electron chi connectivity index (χ2n) is 13.1. The van der Waals surface area contributed by atoms with Gasteiger partial charge in [0.1, 0.15) is 22.8 Å². The van der Waals surface area contributed by atoms with Crippen LogP contribution < -0.4 is 0 Å². The van der Waals surface area contributed by atoms with Crippen molar-refractivity contribution in [1.29, 1.82) is 0 Å². The average Bonchev–Trinajstić information content (AvgIpc) is 2.88. The van der Waals surface area contributed by atoms with Gasteiger partial charge in [-0.25, -0.2) is 0 Å². The Hall–Kier alpha value is -3.19. The number of hydrogen-bond acceptors (Lipinski definition) is 7. The van der Waals surface area contributed by atoms with Crippen molar-refractivity contribution in [3.05, 3.63) is 58.4 Å². The van der Waals surface area contributed by atoms with E-state index in [1.807, 2.05) is 27.7 Å². The van der Waals surface area contributed by atoms with E-state index in [9.17, 15) is 34.8 Å². The molecule has 41 heavy (non-hydrogen) atoms. The van der Waals surface area contributed by atoms with Gasteiger partial charge in [-0.3, -0.25) is 14.4 Å². The summed E-state index contributed by atoms with van der Waals surface area (Å²) in [4.78, 5) is 41.5. The molecule has 6 atom stereocenters. The van der Waals surface area contributed by atoms with Crippen LogP contribution in [0.15, 0.2) is 47.3 Å².